The molecular weight excluding hydrogens is 404 g/mol. The van der Waals surface area contributed by atoms with E-state index in [0.717, 1.165) is 39.6 Å². The summed E-state index contributed by atoms with van der Waals surface area (Å²) < 4.78 is 0. The van der Waals surface area contributed by atoms with Crippen LogP contribution in [0.15, 0.2) is 64.6 Å². The molecule has 0 bridgehead atoms. The fraction of sp³-hybridized carbons (Fsp3) is 0.240. The Labute approximate surface area is 187 Å². The number of nitrogens with zero attached hydrogens (tertiary/aromatic N) is 3. The summed E-state index contributed by atoms with van der Waals surface area (Å²) in [6, 6.07) is 16.0. The van der Waals surface area contributed by atoms with Gasteiger partial charge in [-0.15, -0.1) is 11.3 Å². The summed E-state index contributed by atoms with van der Waals surface area (Å²) >= 11 is 1.63. The van der Waals surface area contributed by atoms with Crippen molar-refractivity contribution in [1.82, 2.24) is 9.99 Å². The van der Waals surface area contributed by atoms with Gasteiger partial charge >= 0.3 is 0 Å². The van der Waals surface area contributed by atoms with E-state index in [-0.39, 0.29) is 5.91 Å². The van der Waals surface area contributed by atoms with Crippen LogP contribution in [0.5, 0.6) is 0 Å². The Balaban J connectivity index is 1.49. The number of hydrazone groups is 1. The van der Waals surface area contributed by atoms with Crippen molar-refractivity contribution in [1.29, 1.82) is 0 Å². The Morgan fingerprint density at radius 2 is 1.81 bits per heavy atom. The second-order valence-corrected chi connectivity index (χ2v) is 9.05. The van der Waals surface area contributed by atoms with E-state index < -0.39 is 0 Å². The van der Waals surface area contributed by atoms with Gasteiger partial charge in [0, 0.05) is 47.9 Å². The van der Waals surface area contributed by atoms with E-state index in [9.17, 15) is 4.79 Å². The van der Waals surface area contributed by atoms with Crippen LogP contribution >= 0.6 is 11.3 Å². The Hall–Kier alpha value is -3.25. The van der Waals surface area contributed by atoms with Gasteiger partial charge in [0.25, 0.3) is 5.91 Å². The third-order valence-corrected chi connectivity index (χ3v) is 6.09. The number of rotatable bonds is 5. The second kappa shape index (κ2) is 8.86. The maximum atomic E-state index is 13.1. The molecule has 1 N–H and O–H groups in total. The van der Waals surface area contributed by atoms with Crippen molar-refractivity contribution in [2.24, 2.45) is 5.10 Å². The Bertz CT molecular complexity index is 1140. The van der Waals surface area contributed by atoms with Crippen molar-refractivity contribution in [2.45, 2.75) is 26.7 Å². The van der Waals surface area contributed by atoms with E-state index >= 15 is 0 Å². The molecule has 1 aromatic heterocycles. The first-order valence-corrected chi connectivity index (χ1v) is 11.2. The number of likely N-dealkylation sites (N-methyl/N-ethyl adjacent to an activating group) is 1. The molecule has 158 valence electrons. The van der Waals surface area contributed by atoms with Gasteiger partial charge in [-0.05, 0) is 44.0 Å². The van der Waals surface area contributed by atoms with Crippen LogP contribution in [0.25, 0.3) is 16.8 Å². The number of carbonyl (C=O) groups excluding carboxylic acids is 1. The Morgan fingerprint density at radius 1 is 1.10 bits per heavy atom. The number of aromatic nitrogens is 1. The van der Waals surface area contributed by atoms with Gasteiger partial charge in [0.05, 0.1) is 10.7 Å². The molecule has 3 aromatic rings. The van der Waals surface area contributed by atoms with Crippen LogP contribution < -0.4 is 5.32 Å². The summed E-state index contributed by atoms with van der Waals surface area (Å²) in [5, 5.41) is 12.4. The third-order valence-electron chi connectivity index (χ3n) is 5.32. The van der Waals surface area contributed by atoms with Crippen molar-refractivity contribution in [3.8, 4) is 11.3 Å². The lowest BCUT2D eigenvalue weighted by atomic mass is 9.95. The normalized spacial score (nSPS) is 15.2. The van der Waals surface area contributed by atoms with Gasteiger partial charge in [-0.2, -0.15) is 5.10 Å². The standard InChI is InChI=1S/C25H26N4OS/c1-16(2)24(20-7-5-18(6-8-20)21-13-26-29(4)14-21)25(30)28-22-11-9-19(10-12-22)23-15-31-17(3)27-23/h5-13,15,21H,14H2,1-4H3,(H,28,30). The smallest absolute Gasteiger partial charge is 0.256 e. The number of hydrogen-bond acceptors (Lipinski definition) is 5. The van der Waals surface area contributed by atoms with Gasteiger partial charge in [0.1, 0.15) is 0 Å². The molecule has 0 aliphatic carbocycles. The molecule has 1 atom stereocenters. The van der Waals surface area contributed by atoms with Crippen molar-refractivity contribution < 1.29 is 4.79 Å². The molecule has 1 aliphatic heterocycles. The first-order valence-electron chi connectivity index (χ1n) is 10.3. The molecule has 0 radical (unpaired) electrons. The summed E-state index contributed by atoms with van der Waals surface area (Å²) in [7, 11) is 1.97. The van der Waals surface area contributed by atoms with Crippen LogP contribution in [-0.2, 0) is 4.79 Å². The number of aryl methyl sites for hydroxylation is 1. The van der Waals surface area contributed by atoms with Gasteiger partial charge in [-0.25, -0.2) is 4.98 Å². The van der Waals surface area contributed by atoms with Crippen LogP contribution in [0.1, 0.15) is 35.9 Å². The molecule has 31 heavy (non-hydrogen) atoms. The predicted molar refractivity (Wildman–Crippen MR) is 129 cm³/mol. The highest BCUT2D eigenvalue weighted by Crippen LogP contribution is 2.27. The molecule has 6 heteroatoms. The summed E-state index contributed by atoms with van der Waals surface area (Å²) in [5.74, 6) is 0.190. The van der Waals surface area contributed by atoms with Crippen molar-refractivity contribution >= 4 is 34.7 Å². The average Bonchev–Trinajstić information content (AvgIpc) is 3.37. The average molecular weight is 431 g/mol. The number of anilines is 1. The molecule has 1 unspecified atom stereocenters. The second-order valence-electron chi connectivity index (χ2n) is 7.99. The quantitative estimate of drug-likeness (QED) is 0.539. The van der Waals surface area contributed by atoms with E-state index in [1.165, 1.54) is 5.56 Å². The first kappa shape index (κ1) is 21.0. The number of allylic oxidation sites excluding steroid dienone is 1. The molecular formula is C25H26N4OS. The van der Waals surface area contributed by atoms with E-state index in [1.54, 1.807) is 11.3 Å². The lowest BCUT2D eigenvalue weighted by molar-refractivity contribution is -0.111. The van der Waals surface area contributed by atoms with Crippen LogP contribution in [0.4, 0.5) is 5.69 Å². The van der Waals surface area contributed by atoms with Crippen LogP contribution in [-0.4, -0.2) is 35.7 Å². The van der Waals surface area contributed by atoms with E-state index in [1.807, 2.05) is 80.8 Å². The van der Waals surface area contributed by atoms with Gasteiger partial charge in [-0.1, -0.05) is 42.0 Å². The van der Waals surface area contributed by atoms with E-state index in [2.05, 4.69) is 27.5 Å². The fourth-order valence-electron chi connectivity index (χ4n) is 3.72. The fourth-order valence-corrected chi connectivity index (χ4v) is 4.34. The lowest BCUT2D eigenvalue weighted by Crippen LogP contribution is -2.15. The van der Waals surface area contributed by atoms with Crippen LogP contribution in [0.2, 0.25) is 0 Å². The van der Waals surface area contributed by atoms with Gasteiger partial charge in [0.2, 0.25) is 0 Å². The summed E-state index contributed by atoms with van der Waals surface area (Å²) in [6.07, 6.45) is 1.97. The molecule has 0 saturated heterocycles. The topological polar surface area (TPSA) is 57.6 Å². The monoisotopic (exact) mass is 430 g/mol. The van der Waals surface area contributed by atoms with Crippen molar-refractivity contribution in [2.75, 3.05) is 18.9 Å². The highest BCUT2D eigenvalue weighted by atomic mass is 32.1. The summed E-state index contributed by atoms with van der Waals surface area (Å²) in [6.45, 7) is 6.81. The molecule has 0 spiro atoms. The van der Waals surface area contributed by atoms with Crippen molar-refractivity contribution in [3.63, 3.8) is 0 Å². The lowest BCUT2D eigenvalue weighted by Gasteiger charge is -2.14. The maximum absolute atomic E-state index is 13.1. The zero-order valence-corrected chi connectivity index (χ0v) is 19.0. The van der Waals surface area contributed by atoms with Crippen molar-refractivity contribution in [3.05, 3.63) is 75.6 Å². The zero-order valence-electron chi connectivity index (χ0n) is 18.2. The van der Waals surface area contributed by atoms with Gasteiger partial charge < -0.3 is 5.32 Å². The van der Waals surface area contributed by atoms with Crippen LogP contribution in [0, 0.1) is 6.92 Å². The number of thiazole rings is 1. The molecule has 1 aliphatic rings. The molecule has 2 aromatic carbocycles. The number of amides is 1. The molecule has 2 heterocycles. The minimum atomic E-state index is -0.104. The Morgan fingerprint density at radius 3 is 2.35 bits per heavy atom. The number of hydrogen-bond donors (Lipinski definition) is 1. The van der Waals surface area contributed by atoms with Gasteiger partial charge in [0.15, 0.2) is 0 Å². The minimum Gasteiger partial charge on any atom is -0.322 e. The highest BCUT2D eigenvalue weighted by Gasteiger charge is 2.18. The largest absolute Gasteiger partial charge is 0.322 e. The number of carbonyl (C=O) groups is 1. The summed E-state index contributed by atoms with van der Waals surface area (Å²) in [4.78, 5) is 17.6. The zero-order chi connectivity index (χ0) is 22.0. The first-order chi connectivity index (χ1) is 14.9. The van der Waals surface area contributed by atoms with E-state index in [4.69, 9.17) is 0 Å². The number of benzene rings is 2. The Kier molecular flexibility index (Phi) is 6.00. The molecule has 0 saturated carbocycles. The predicted octanol–water partition coefficient (Wildman–Crippen LogP) is 5.57. The maximum Gasteiger partial charge on any atom is 0.256 e. The SMILES string of the molecule is CC(C)=C(C(=O)Nc1ccc(-c2csc(C)n2)cc1)c1ccc(C2C=NN(C)C2)cc1. The number of nitrogens with one attached hydrogen (secondary N) is 1. The van der Waals surface area contributed by atoms with Crippen LogP contribution in [0.3, 0.4) is 0 Å². The molecule has 5 nitrogen and oxygen atoms in total. The third kappa shape index (κ3) is 4.75. The van der Waals surface area contributed by atoms with E-state index in [0.29, 0.717) is 11.5 Å². The van der Waals surface area contributed by atoms with Gasteiger partial charge in [-0.3, -0.25) is 9.80 Å². The molecule has 1 amide bonds. The molecule has 4 rings (SSSR count). The molecule has 0 fully saturated rings. The highest BCUT2D eigenvalue weighted by molar-refractivity contribution is 7.09. The minimum absolute atomic E-state index is 0.104. The summed E-state index contributed by atoms with van der Waals surface area (Å²) in [5.41, 5.74) is 6.56.